The van der Waals surface area contributed by atoms with Crippen molar-refractivity contribution in [3.63, 3.8) is 0 Å². The van der Waals surface area contributed by atoms with Crippen LogP contribution in [-0.2, 0) is 9.53 Å². The van der Waals surface area contributed by atoms with Gasteiger partial charge in [-0.25, -0.2) is 0 Å². The third-order valence-electron chi connectivity index (χ3n) is 8.35. The van der Waals surface area contributed by atoms with Gasteiger partial charge in [0, 0.05) is 6.42 Å². The molecule has 0 spiro atoms. The highest BCUT2D eigenvalue weighted by Gasteiger charge is 2.44. The van der Waals surface area contributed by atoms with Crippen molar-refractivity contribution in [3.8, 4) is 0 Å². The minimum absolute atomic E-state index is 0.0741. The highest BCUT2D eigenvalue weighted by molar-refractivity contribution is 5.69. The first-order valence-electron chi connectivity index (χ1n) is 12.9. The number of ether oxygens (including phenoxy) is 1. The molecule has 162 valence electrons. The summed E-state index contributed by atoms with van der Waals surface area (Å²) in [5.41, 5.74) is 0. The molecular weight excluding hydrogens is 344 g/mol. The Labute approximate surface area is 174 Å². The maximum Gasteiger partial charge on any atom is 0.306 e. The topological polar surface area (TPSA) is 26.3 Å². The van der Waals surface area contributed by atoms with Gasteiger partial charge in [0.15, 0.2) is 0 Å². The molecule has 0 amide bonds. The largest absolute Gasteiger partial charge is 0.462 e. The third-order valence-corrected chi connectivity index (χ3v) is 8.35. The number of hydrogen-bond donors (Lipinski definition) is 0. The van der Waals surface area contributed by atoms with Crippen LogP contribution >= 0.6 is 0 Å². The van der Waals surface area contributed by atoms with Crippen molar-refractivity contribution in [2.45, 2.75) is 129 Å². The normalized spacial score (nSPS) is 35.1. The molecule has 3 fully saturated rings. The van der Waals surface area contributed by atoms with Gasteiger partial charge < -0.3 is 4.74 Å². The molecule has 0 N–H and O–H groups in total. The monoisotopic (exact) mass is 390 g/mol. The van der Waals surface area contributed by atoms with Gasteiger partial charge in [-0.3, -0.25) is 4.79 Å². The van der Waals surface area contributed by atoms with Crippen LogP contribution in [0.5, 0.6) is 0 Å². The standard InChI is InChI=1S/C26H46O2/c1-3-5-7-8-9-11-26(27)28-23-15-17-25-22(19-23)14-13-21-18-20(10-6-4-2)12-16-24(21)25/h20-25H,3-19H2,1-2H3/t20-,21?,22?,23-,24?,25?/m1/s1. The van der Waals surface area contributed by atoms with Crippen LogP contribution < -0.4 is 0 Å². The molecule has 3 saturated carbocycles. The van der Waals surface area contributed by atoms with Crippen molar-refractivity contribution in [1.82, 2.24) is 0 Å². The summed E-state index contributed by atoms with van der Waals surface area (Å²) in [6, 6.07) is 0. The Morgan fingerprint density at radius 1 is 0.750 bits per heavy atom. The van der Waals surface area contributed by atoms with Gasteiger partial charge in [0.25, 0.3) is 0 Å². The fourth-order valence-electron chi connectivity index (χ4n) is 6.83. The van der Waals surface area contributed by atoms with Crippen LogP contribution in [0.2, 0.25) is 0 Å². The molecular formula is C26H46O2. The number of hydrogen-bond acceptors (Lipinski definition) is 2. The van der Waals surface area contributed by atoms with Crippen molar-refractivity contribution >= 4 is 5.97 Å². The van der Waals surface area contributed by atoms with Gasteiger partial charge in [0.05, 0.1) is 0 Å². The van der Waals surface area contributed by atoms with Gasteiger partial charge in [-0.2, -0.15) is 0 Å². The lowest BCUT2D eigenvalue weighted by Gasteiger charge is -2.50. The molecule has 3 aliphatic rings. The van der Waals surface area contributed by atoms with E-state index in [9.17, 15) is 4.79 Å². The molecule has 0 heterocycles. The van der Waals surface area contributed by atoms with E-state index in [-0.39, 0.29) is 12.1 Å². The molecule has 0 radical (unpaired) electrons. The number of carbonyl (C=O) groups excluding carboxylic acids is 1. The fraction of sp³-hybridized carbons (Fsp3) is 0.962. The van der Waals surface area contributed by atoms with Crippen LogP contribution in [0.25, 0.3) is 0 Å². The summed E-state index contributed by atoms with van der Waals surface area (Å²) < 4.78 is 5.91. The molecule has 0 aromatic carbocycles. The Morgan fingerprint density at radius 3 is 2.18 bits per heavy atom. The van der Waals surface area contributed by atoms with E-state index in [1.54, 1.807) is 0 Å². The molecule has 6 atom stereocenters. The van der Waals surface area contributed by atoms with Crippen LogP contribution in [-0.4, -0.2) is 12.1 Å². The molecule has 4 unspecified atom stereocenters. The van der Waals surface area contributed by atoms with E-state index in [0.29, 0.717) is 6.42 Å². The fourth-order valence-corrected chi connectivity index (χ4v) is 6.83. The van der Waals surface area contributed by atoms with Crippen LogP contribution in [0.1, 0.15) is 123 Å². The van der Waals surface area contributed by atoms with E-state index >= 15 is 0 Å². The summed E-state index contributed by atoms with van der Waals surface area (Å²) in [7, 11) is 0. The van der Waals surface area contributed by atoms with Gasteiger partial charge in [-0.1, -0.05) is 65.2 Å². The van der Waals surface area contributed by atoms with Crippen LogP contribution in [0.4, 0.5) is 0 Å². The number of unbranched alkanes of at least 4 members (excludes halogenated alkanes) is 5. The van der Waals surface area contributed by atoms with Crippen molar-refractivity contribution in [1.29, 1.82) is 0 Å². The van der Waals surface area contributed by atoms with Crippen molar-refractivity contribution in [2.75, 3.05) is 0 Å². The Bertz CT molecular complexity index is 459. The first kappa shape index (κ1) is 22.2. The Hall–Kier alpha value is -0.530. The second-order valence-corrected chi connectivity index (χ2v) is 10.3. The third kappa shape index (κ3) is 6.23. The zero-order chi connectivity index (χ0) is 19.8. The van der Waals surface area contributed by atoms with Gasteiger partial charge in [-0.15, -0.1) is 0 Å². The number of fused-ring (bicyclic) bond motifs is 3. The Morgan fingerprint density at radius 2 is 1.43 bits per heavy atom. The summed E-state index contributed by atoms with van der Waals surface area (Å²) in [5.74, 6) is 4.88. The molecule has 28 heavy (non-hydrogen) atoms. The Kier molecular flexibility index (Phi) is 9.18. The number of carbonyl (C=O) groups is 1. The van der Waals surface area contributed by atoms with Crippen molar-refractivity contribution < 1.29 is 9.53 Å². The minimum Gasteiger partial charge on any atom is -0.462 e. The maximum atomic E-state index is 12.2. The van der Waals surface area contributed by atoms with E-state index in [2.05, 4.69) is 13.8 Å². The minimum atomic E-state index is 0.0741. The molecule has 0 saturated heterocycles. The first-order valence-corrected chi connectivity index (χ1v) is 12.9. The van der Waals surface area contributed by atoms with Gasteiger partial charge >= 0.3 is 5.97 Å². The smallest absolute Gasteiger partial charge is 0.306 e. The summed E-state index contributed by atoms with van der Waals surface area (Å²) in [4.78, 5) is 12.2. The average molecular weight is 391 g/mol. The van der Waals surface area contributed by atoms with Crippen LogP contribution in [0, 0.1) is 29.6 Å². The summed E-state index contributed by atoms with van der Waals surface area (Å²) in [6.45, 7) is 4.56. The van der Waals surface area contributed by atoms with Gasteiger partial charge in [-0.05, 0) is 81.0 Å². The van der Waals surface area contributed by atoms with E-state index in [0.717, 1.165) is 48.9 Å². The van der Waals surface area contributed by atoms with E-state index in [1.807, 2.05) is 0 Å². The second-order valence-electron chi connectivity index (χ2n) is 10.3. The zero-order valence-electron chi connectivity index (χ0n) is 18.8. The lowest BCUT2D eigenvalue weighted by Crippen LogP contribution is -2.43. The molecule has 3 aliphatic carbocycles. The predicted octanol–water partition coefficient (Wildman–Crippen LogP) is 7.69. The van der Waals surface area contributed by atoms with E-state index < -0.39 is 0 Å². The lowest BCUT2D eigenvalue weighted by atomic mass is 9.56. The molecule has 3 rings (SSSR count). The summed E-state index contributed by atoms with van der Waals surface area (Å²) >= 11 is 0. The number of esters is 1. The Balaban J connectivity index is 1.38. The van der Waals surface area contributed by atoms with Gasteiger partial charge in [0.1, 0.15) is 6.10 Å². The quantitative estimate of drug-likeness (QED) is 0.282. The highest BCUT2D eigenvalue weighted by atomic mass is 16.5. The summed E-state index contributed by atoms with van der Waals surface area (Å²) in [5, 5.41) is 0. The molecule has 0 aliphatic heterocycles. The van der Waals surface area contributed by atoms with Gasteiger partial charge in [0.2, 0.25) is 0 Å². The number of rotatable bonds is 10. The molecule has 2 nitrogen and oxygen atoms in total. The predicted molar refractivity (Wildman–Crippen MR) is 117 cm³/mol. The maximum absolute atomic E-state index is 12.2. The lowest BCUT2D eigenvalue weighted by molar-refractivity contribution is -0.153. The van der Waals surface area contributed by atoms with E-state index in [1.165, 1.54) is 83.5 Å². The molecule has 2 heteroatoms. The molecule has 0 aromatic heterocycles. The molecule has 0 bridgehead atoms. The summed E-state index contributed by atoms with van der Waals surface area (Å²) in [6.07, 6.45) is 22.1. The zero-order valence-corrected chi connectivity index (χ0v) is 18.8. The van der Waals surface area contributed by atoms with Crippen LogP contribution in [0.15, 0.2) is 0 Å². The van der Waals surface area contributed by atoms with E-state index in [4.69, 9.17) is 4.74 Å². The average Bonchev–Trinajstić information content (AvgIpc) is 2.71. The van der Waals surface area contributed by atoms with Crippen molar-refractivity contribution in [3.05, 3.63) is 0 Å². The first-order chi connectivity index (χ1) is 13.7. The SMILES string of the molecule is CCCCCCCC(=O)O[C@@H]1CCC2C(CCC3C[C@H](CCCC)CCC32)C1. The highest BCUT2D eigenvalue weighted by Crippen LogP contribution is 2.53. The van der Waals surface area contributed by atoms with Crippen molar-refractivity contribution in [2.24, 2.45) is 29.6 Å². The molecule has 0 aromatic rings. The second kappa shape index (κ2) is 11.6. The van der Waals surface area contributed by atoms with Crippen LogP contribution in [0.3, 0.4) is 0 Å².